The number of hydrogen-bond donors (Lipinski definition) is 2. The quantitative estimate of drug-likeness (QED) is 0.693. The Bertz CT molecular complexity index is 953. The van der Waals surface area contributed by atoms with Crippen LogP contribution < -0.4 is 10.0 Å². The van der Waals surface area contributed by atoms with E-state index in [9.17, 15) is 22.4 Å². The van der Waals surface area contributed by atoms with Crippen molar-refractivity contribution in [1.82, 2.24) is 14.3 Å². The van der Waals surface area contributed by atoms with Crippen molar-refractivity contribution in [2.75, 3.05) is 7.05 Å². The van der Waals surface area contributed by atoms with Crippen LogP contribution in [0.1, 0.15) is 41.5 Å². The Morgan fingerprint density at radius 3 is 2.32 bits per heavy atom. The van der Waals surface area contributed by atoms with Gasteiger partial charge in [-0.25, -0.2) is 9.11 Å². The second-order valence-corrected chi connectivity index (χ2v) is 9.70. The maximum Gasteiger partial charge on any atom is 0.305 e. The van der Waals surface area contributed by atoms with Gasteiger partial charge in [0.25, 0.3) is 11.8 Å². The number of nitrogens with zero attached hydrogens (tertiary/aromatic N) is 1. The number of thiophene rings is 1. The molecule has 7 nitrogen and oxygen atoms in total. The lowest BCUT2D eigenvalue weighted by Crippen LogP contribution is -2.58. The van der Waals surface area contributed by atoms with Crippen molar-refractivity contribution in [1.29, 1.82) is 0 Å². The molecule has 152 valence electrons. The van der Waals surface area contributed by atoms with E-state index in [0.29, 0.717) is 0 Å². The Hall–Kier alpha value is -2.30. The first-order chi connectivity index (χ1) is 12.9. The molecule has 1 aromatic carbocycles. The van der Waals surface area contributed by atoms with Crippen molar-refractivity contribution in [2.24, 2.45) is 5.41 Å². The number of benzene rings is 1. The first kappa shape index (κ1) is 22.0. The Morgan fingerprint density at radius 2 is 1.79 bits per heavy atom. The van der Waals surface area contributed by atoms with E-state index >= 15 is 0 Å². The number of nitrogens with one attached hydrogen (secondary N) is 2. The lowest BCUT2D eigenvalue weighted by Gasteiger charge is -2.37. The highest BCUT2D eigenvalue weighted by molar-refractivity contribution is 7.87. The summed E-state index contributed by atoms with van der Waals surface area (Å²) in [6, 6.07) is 6.89. The molecule has 1 heterocycles. The molecule has 28 heavy (non-hydrogen) atoms. The van der Waals surface area contributed by atoms with Gasteiger partial charge in [-0.05, 0) is 29.0 Å². The van der Waals surface area contributed by atoms with E-state index in [1.807, 2.05) is 4.72 Å². The monoisotopic (exact) mass is 427 g/mol. The molecule has 0 aliphatic rings. The average Bonchev–Trinajstić information content (AvgIpc) is 3.12. The summed E-state index contributed by atoms with van der Waals surface area (Å²) in [5.74, 6) is -2.26. The van der Waals surface area contributed by atoms with Crippen molar-refractivity contribution in [3.05, 3.63) is 58.0 Å². The summed E-state index contributed by atoms with van der Waals surface area (Å²) >= 11 is 1.26. The molecular formula is C18H22FN3O4S2. The summed E-state index contributed by atoms with van der Waals surface area (Å²) in [6.07, 6.45) is -1.05. The van der Waals surface area contributed by atoms with E-state index in [1.165, 1.54) is 48.0 Å². The SMILES string of the molecule is CN(C(NC(=O)c1ccccc1F)C(C)(C)C)S(=O)(=O)NC(=O)c1ccsc1. The molecule has 0 radical (unpaired) electrons. The van der Waals surface area contributed by atoms with Gasteiger partial charge in [0, 0.05) is 12.4 Å². The van der Waals surface area contributed by atoms with Gasteiger partial charge in [-0.2, -0.15) is 24.1 Å². The van der Waals surface area contributed by atoms with Gasteiger partial charge < -0.3 is 5.32 Å². The molecule has 1 unspecified atom stereocenters. The van der Waals surface area contributed by atoms with Crippen LogP contribution in [-0.2, 0) is 10.2 Å². The predicted octanol–water partition coefficient (Wildman–Crippen LogP) is 2.60. The zero-order valence-corrected chi connectivity index (χ0v) is 17.5. The third-order valence-corrected chi connectivity index (χ3v) is 6.05. The Morgan fingerprint density at radius 1 is 1.14 bits per heavy atom. The molecule has 0 aliphatic carbocycles. The summed E-state index contributed by atoms with van der Waals surface area (Å²) in [5, 5.41) is 5.72. The average molecular weight is 428 g/mol. The van der Waals surface area contributed by atoms with E-state index in [1.54, 1.807) is 26.2 Å². The summed E-state index contributed by atoms with van der Waals surface area (Å²) in [5.41, 5.74) is -0.745. The van der Waals surface area contributed by atoms with Crippen LogP contribution in [0.2, 0.25) is 0 Å². The van der Waals surface area contributed by atoms with Gasteiger partial charge in [0.1, 0.15) is 12.0 Å². The summed E-state index contributed by atoms with van der Waals surface area (Å²) < 4.78 is 42.1. The molecule has 0 aliphatic heterocycles. The largest absolute Gasteiger partial charge is 0.335 e. The minimum atomic E-state index is -4.28. The van der Waals surface area contributed by atoms with Crippen LogP contribution in [0.15, 0.2) is 41.1 Å². The first-order valence-electron chi connectivity index (χ1n) is 8.31. The van der Waals surface area contributed by atoms with Crippen LogP contribution in [0.3, 0.4) is 0 Å². The second kappa shape index (κ2) is 8.38. The van der Waals surface area contributed by atoms with Crippen LogP contribution in [0, 0.1) is 11.2 Å². The maximum atomic E-state index is 13.9. The number of amides is 2. The number of rotatable bonds is 6. The fourth-order valence-corrected chi connectivity index (χ4v) is 4.26. The van der Waals surface area contributed by atoms with Crippen LogP contribution >= 0.6 is 11.3 Å². The minimum absolute atomic E-state index is 0.204. The van der Waals surface area contributed by atoms with E-state index in [-0.39, 0.29) is 11.1 Å². The Labute approximate surface area is 167 Å². The van der Waals surface area contributed by atoms with Gasteiger partial charge in [-0.1, -0.05) is 32.9 Å². The topological polar surface area (TPSA) is 95.6 Å². The first-order valence-corrected chi connectivity index (χ1v) is 10.7. The molecule has 2 N–H and O–H groups in total. The van der Waals surface area contributed by atoms with E-state index in [4.69, 9.17) is 0 Å². The summed E-state index contributed by atoms with van der Waals surface area (Å²) in [6.45, 7) is 5.14. The third-order valence-electron chi connectivity index (χ3n) is 3.95. The van der Waals surface area contributed by atoms with Crippen molar-refractivity contribution < 1.29 is 22.4 Å². The lowest BCUT2D eigenvalue weighted by molar-refractivity contribution is 0.0819. The smallest absolute Gasteiger partial charge is 0.305 e. The zero-order valence-electron chi connectivity index (χ0n) is 15.9. The zero-order chi connectivity index (χ0) is 21.1. The fourth-order valence-electron chi connectivity index (χ4n) is 2.48. The number of hydrogen-bond acceptors (Lipinski definition) is 5. The second-order valence-electron chi connectivity index (χ2n) is 7.19. The number of halogens is 1. The fraction of sp³-hybridized carbons (Fsp3) is 0.333. The molecule has 0 saturated carbocycles. The minimum Gasteiger partial charge on any atom is -0.335 e. The summed E-state index contributed by atoms with van der Waals surface area (Å²) in [7, 11) is -3.04. The van der Waals surface area contributed by atoms with Crippen molar-refractivity contribution in [3.8, 4) is 0 Å². The van der Waals surface area contributed by atoms with Crippen molar-refractivity contribution in [3.63, 3.8) is 0 Å². The molecule has 0 fully saturated rings. The highest BCUT2D eigenvalue weighted by Crippen LogP contribution is 2.24. The molecule has 0 spiro atoms. The van der Waals surface area contributed by atoms with Gasteiger partial charge in [0.05, 0.1) is 11.1 Å². The van der Waals surface area contributed by atoms with Crippen molar-refractivity contribution in [2.45, 2.75) is 26.9 Å². The predicted molar refractivity (Wildman–Crippen MR) is 106 cm³/mol. The molecular weight excluding hydrogens is 405 g/mol. The lowest BCUT2D eigenvalue weighted by atomic mass is 9.92. The highest BCUT2D eigenvalue weighted by atomic mass is 32.2. The molecule has 2 aromatic rings. The van der Waals surface area contributed by atoms with Gasteiger partial charge >= 0.3 is 10.2 Å². The molecule has 2 rings (SSSR count). The van der Waals surface area contributed by atoms with Crippen LogP contribution in [0.5, 0.6) is 0 Å². The highest BCUT2D eigenvalue weighted by Gasteiger charge is 2.37. The van der Waals surface area contributed by atoms with Crippen LogP contribution in [0.4, 0.5) is 4.39 Å². The number of carbonyl (C=O) groups excluding carboxylic acids is 2. The van der Waals surface area contributed by atoms with Crippen LogP contribution in [-0.4, -0.2) is 37.8 Å². The number of carbonyl (C=O) groups is 2. The van der Waals surface area contributed by atoms with E-state index < -0.39 is 39.4 Å². The molecule has 1 aromatic heterocycles. The standard InChI is InChI=1S/C18H22FN3O4S2/c1-18(2,3)17(20-16(24)13-7-5-6-8-14(13)19)22(4)28(25,26)21-15(23)12-9-10-27-11-12/h5-11,17H,1-4H3,(H,20,24)(H,21,23). The normalized spacial score (nSPS) is 13.2. The van der Waals surface area contributed by atoms with Gasteiger partial charge in [-0.3, -0.25) is 9.59 Å². The summed E-state index contributed by atoms with van der Waals surface area (Å²) in [4.78, 5) is 24.6. The third kappa shape index (κ3) is 5.15. The maximum absolute atomic E-state index is 13.9. The van der Waals surface area contributed by atoms with Crippen molar-refractivity contribution >= 4 is 33.4 Å². The van der Waals surface area contributed by atoms with Gasteiger partial charge in [0.2, 0.25) is 0 Å². The van der Waals surface area contributed by atoms with Gasteiger partial charge in [0.15, 0.2) is 0 Å². The molecule has 0 saturated heterocycles. The Balaban J connectivity index is 2.25. The molecule has 0 bridgehead atoms. The van der Waals surface area contributed by atoms with E-state index in [0.717, 1.165) is 10.4 Å². The van der Waals surface area contributed by atoms with E-state index in [2.05, 4.69) is 5.32 Å². The van der Waals surface area contributed by atoms with Crippen LogP contribution in [0.25, 0.3) is 0 Å². The van der Waals surface area contributed by atoms with Gasteiger partial charge in [-0.15, -0.1) is 0 Å². The molecule has 10 heteroatoms. The molecule has 1 atom stereocenters. The Kier molecular flexibility index (Phi) is 6.58. The molecule has 2 amide bonds.